The zero-order chi connectivity index (χ0) is 14.5. The van der Waals surface area contributed by atoms with Crippen LogP contribution in [0.2, 0.25) is 0 Å². The third-order valence-electron chi connectivity index (χ3n) is 3.07. The van der Waals surface area contributed by atoms with Crippen molar-refractivity contribution in [2.24, 2.45) is 5.92 Å². The Morgan fingerprint density at radius 2 is 2.05 bits per heavy atom. The molecule has 1 N–H and O–H groups in total. The lowest BCUT2D eigenvalue weighted by molar-refractivity contribution is -0.145. The van der Waals surface area contributed by atoms with Crippen LogP contribution in [0, 0.1) is 5.92 Å². The molecule has 0 saturated carbocycles. The Balaban J connectivity index is 3.62. The molecule has 0 rings (SSSR count). The zero-order valence-corrected chi connectivity index (χ0v) is 12.2. The number of carbonyl (C=O) groups is 2. The Bertz CT molecular complexity index is 277. The second kappa shape index (κ2) is 11.8. The maximum absolute atomic E-state index is 11.5. The second-order valence-corrected chi connectivity index (χ2v) is 4.70. The summed E-state index contributed by atoms with van der Waals surface area (Å²) in [6, 6.07) is 0. The molecule has 0 aromatic carbocycles. The summed E-state index contributed by atoms with van der Waals surface area (Å²) in [5, 5.41) is 2.63. The number of hydrogen-bond donors (Lipinski definition) is 1. The van der Waals surface area contributed by atoms with Crippen molar-refractivity contribution in [3.63, 3.8) is 0 Å². The van der Waals surface area contributed by atoms with E-state index in [2.05, 4.69) is 25.7 Å². The highest BCUT2D eigenvalue weighted by molar-refractivity contribution is 5.86. The van der Waals surface area contributed by atoms with Crippen LogP contribution in [0.3, 0.4) is 0 Å². The van der Waals surface area contributed by atoms with E-state index in [-0.39, 0.29) is 11.9 Å². The fraction of sp³-hybridized carbons (Fsp3) is 0.733. The highest BCUT2D eigenvalue weighted by Gasteiger charge is 2.09. The van der Waals surface area contributed by atoms with E-state index in [9.17, 15) is 9.59 Å². The summed E-state index contributed by atoms with van der Waals surface area (Å²) in [7, 11) is 0. The van der Waals surface area contributed by atoms with Crippen molar-refractivity contribution in [1.82, 2.24) is 5.32 Å². The number of hydrogen-bond acceptors (Lipinski definition) is 3. The van der Waals surface area contributed by atoms with Crippen LogP contribution < -0.4 is 5.32 Å². The molecule has 0 aromatic rings. The van der Waals surface area contributed by atoms with Gasteiger partial charge in [-0.1, -0.05) is 39.7 Å². The first-order valence-electron chi connectivity index (χ1n) is 7.19. The van der Waals surface area contributed by atoms with Gasteiger partial charge in [-0.15, -0.1) is 0 Å². The van der Waals surface area contributed by atoms with Crippen molar-refractivity contribution >= 4 is 11.9 Å². The molecule has 0 aliphatic heterocycles. The van der Waals surface area contributed by atoms with E-state index in [1.807, 2.05) is 0 Å². The quantitative estimate of drug-likeness (QED) is 0.356. The largest absolute Gasteiger partial charge is 0.465 e. The number of esters is 1. The molecule has 0 fully saturated rings. The topological polar surface area (TPSA) is 55.4 Å². The predicted octanol–water partition coefficient (Wildman–Crippen LogP) is 2.83. The monoisotopic (exact) mass is 269 g/mol. The molecular weight excluding hydrogens is 242 g/mol. The minimum absolute atomic E-state index is 0.178. The van der Waals surface area contributed by atoms with Crippen molar-refractivity contribution in [1.29, 1.82) is 0 Å². The fourth-order valence-electron chi connectivity index (χ4n) is 1.70. The van der Waals surface area contributed by atoms with Gasteiger partial charge in [-0.2, -0.15) is 0 Å². The third kappa shape index (κ3) is 10.3. The SMILES string of the molecule is C=CC(=O)NCCCC(=O)OCC(CC)CCCC. The molecule has 19 heavy (non-hydrogen) atoms. The number of amides is 1. The van der Waals surface area contributed by atoms with Crippen LogP contribution >= 0.6 is 0 Å². The molecule has 0 aliphatic rings. The number of unbranched alkanes of at least 4 members (excludes halogenated alkanes) is 1. The van der Waals surface area contributed by atoms with Crippen LogP contribution in [-0.4, -0.2) is 25.0 Å². The molecule has 0 heterocycles. The molecule has 0 aliphatic carbocycles. The molecule has 0 radical (unpaired) electrons. The first kappa shape index (κ1) is 17.7. The van der Waals surface area contributed by atoms with E-state index in [1.54, 1.807) is 0 Å². The minimum Gasteiger partial charge on any atom is -0.465 e. The maximum atomic E-state index is 11.5. The van der Waals surface area contributed by atoms with Crippen molar-refractivity contribution in [2.75, 3.05) is 13.2 Å². The van der Waals surface area contributed by atoms with Crippen LogP contribution in [0.25, 0.3) is 0 Å². The van der Waals surface area contributed by atoms with E-state index in [4.69, 9.17) is 4.74 Å². The summed E-state index contributed by atoms with van der Waals surface area (Å²) in [4.78, 5) is 22.4. The maximum Gasteiger partial charge on any atom is 0.305 e. The van der Waals surface area contributed by atoms with Crippen LogP contribution in [0.5, 0.6) is 0 Å². The van der Waals surface area contributed by atoms with Gasteiger partial charge in [0.2, 0.25) is 5.91 Å². The van der Waals surface area contributed by atoms with Crippen molar-refractivity contribution in [3.05, 3.63) is 12.7 Å². The van der Waals surface area contributed by atoms with Gasteiger partial charge in [-0.3, -0.25) is 9.59 Å². The van der Waals surface area contributed by atoms with Gasteiger partial charge < -0.3 is 10.1 Å². The van der Waals surface area contributed by atoms with Gasteiger partial charge in [0.15, 0.2) is 0 Å². The first-order chi connectivity index (χ1) is 9.13. The van der Waals surface area contributed by atoms with Crippen molar-refractivity contribution in [2.45, 2.75) is 52.4 Å². The van der Waals surface area contributed by atoms with Gasteiger partial charge in [-0.05, 0) is 24.8 Å². The normalized spacial score (nSPS) is 11.7. The molecule has 0 aromatic heterocycles. The predicted molar refractivity (Wildman–Crippen MR) is 76.7 cm³/mol. The molecule has 1 amide bonds. The summed E-state index contributed by atoms with van der Waals surface area (Å²) >= 11 is 0. The zero-order valence-electron chi connectivity index (χ0n) is 12.2. The lowest BCUT2D eigenvalue weighted by Crippen LogP contribution is -2.23. The van der Waals surface area contributed by atoms with E-state index >= 15 is 0 Å². The van der Waals surface area contributed by atoms with Gasteiger partial charge >= 0.3 is 5.97 Å². The Morgan fingerprint density at radius 3 is 2.63 bits per heavy atom. The van der Waals surface area contributed by atoms with Gasteiger partial charge in [0, 0.05) is 13.0 Å². The Morgan fingerprint density at radius 1 is 1.32 bits per heavy atom. The fourth-order valence-corrected chi connectivity index (χ4v) is 1.70. The molecular formula is C15H27NO3. The molecule has 4 nitrogen and oxygen atoms in total. The average molecular weight is 269 g/mol. The Hall–Kier alpha value is -1.32. The molecule has 4 heteroatoms. The standard InChI is InChI=1S/C15H27NO3/c1-4-7-9-13(5-2)12-19-15(18)10-8-11-16-14(17)6-3/h6,13H,3-5,7-12H2,1-2H3,(H,16,17). The highest BCUT2D eigenvalue weighted by Crippen LogP contribution is 2.13. The number of ether oxygens (including phenoxy) is 1. The molecule has 110 valence electrons. The third-order valence-corrected chi connectivity index (χ3v) is 3.07. The van der Waals surface area contributed by atoms with Gasteiger partial charge in [0.1, 0.15) is 0 Å². The second-order valence-electron chi connectivity index (χ2n) is 4.70. The van der Waals surface area contributed by atoms with Crippen LogP contribution in [0.1, 0.15) is 52.4 Å². The Kier molecular flexibility index (Phi) is 10.9. The summed E-state index contributed by atoms with van der Waals surface area (Å²) in [6.07, 6.45) is 6.69. The summed E-state index contributed by atoms with van der Waals surface area (Å²) in [5.74, 6) is 0.0890. The van der Waals surface area contributed by atoms with E-state index in [0.717, 1.165) is 12.8 Å². The van der Waals surface area contributed by atoms with Crippen molar-refractivity contribution in [3.8, 4) is 0 Å². The smallest absolute Gasteiger partial charge is 0.305 e. The van der Waals surface area contributed by atoms with Crippen LogP contribution in [-0.2, 0) is 14.3 Å². The highest BCUT2D eigenvalue weighted by atomic mass is 16.5. The summed E-state index contributed by atoms with van der Waals surface area (Å²) in [5.41, 5.74) is 0. The van der Waals surface area contributed by atoms with E-state index in [0.29, 0.717) is 31.9 Å². The van der Waals surface area contributed by atoms with Gasteiger partial charge in [0.25, 0.3) is 0 Å². The van der Waals surface area contributed by atoms with Gasteiger partial charge in [0.05, 0.1) is 6.61 Å². The number of carbonyl (C=O) groups excluding carboxylic acids is 2. The minimum atomic E-state index is -0.209. The molecule has 0 spiro atoms. The number of nitrogens with one attached hydrogen (secondary N) is 1. The first-order valence-corrected chi connectivity index (χ1v) is 7.19. The lowest BCUT2D eigenvalue weighted by Gasteiger charge is -2.14. The molecule has 0 bridgehead atoms. The van der Waals surface area contributed by atoms with Crippen LogP contribution in [0.4, 0.5) is 0 Å². The Labute approximate surface area is 116 Å². The van der Waals surface area contributed by atoms with Crippen molar-refractivity contribution < 1.29 is 14.3 Å². The average Bonchev–Trinajstić information content (AvgIpc) is 2.43. The summed E-state index contributed by atoms with van der Waals surface area (Å²) < 4.78 is 5.25. The van der Waals surface area contributed by atoms with E-state index in [1.165, 1.54) is 18.9 Å². The molecule has 1 atom stereocenters. The summed E-state index contributed by atoms with van der Waals surface area (Å²) in [6.45, 7) is 8.64. The van der Waals surface area contributed by atoms with Gasteiger partial charge in [-0.25, -0.2) is 0 Å². The lowest BCUT2D eigenvalue weighted by atomic mass is 10.0. The number of rotatable bonds is 11. The molecule has 1 unspecified atom stereocenters. The molecule has 0 saturated heterocycles. The van der Waals surface area contributed by atoms with Crippen LogP contribution in [0.15, 0.2) is 12.7 Å². The van der Waals surface area contributed by atoms with E-state index < -0.39 is 0 Å².